The molecule has 1 aromatic rings. The number of allylic oxidation sites excluding steroid dienone is 2. The van der Waals surface area contributed by atoms with E-state index in [1.165, 1.54) is 44.9 Å². The summed E-state index contributed by atoms with van der Waals surface area (Å²) >= 11 is 0. The molecule has 0 saturated heterocycles. The van der Waals surface area contributed by atoms with Crippen LogP contribution in [0.3, 0.4) is 0 Å². The van der Waals surface area contributed by atoms with Crippen molar-refractivity contribution in [3.05, 3.63) is 46.5 Å². The van der Waals surface area contributed by atoms with Crippen molar-refractivity contribution in [2.24, 2.45) is 5.41 Å². The zero-order chi connectivity index (χ0) is 12.2. The zero-order valence-corrected chi connectivity index (χ0v) is 11.3. The Balaban J connectivity index is 1.86. The topological polar surface area (TPSA) is 0 Å². The van der Waals surface area contributed by atoms with E-state index in [0.29, 0.717) is 5.41 Å². The quantitative estimate of drug-likeness (QED) is 0.558. The van der Waals surface area contributed by atoms with E-state index < -0.39 is 0 Å². The highest BCUT2D eigenvalue weighted by Gasteiger charge is 2.42. The Bertz CT molecular complexity index is 523. The molecule has 0 aliphatic heterocycles. The van der Waals surface area contributed by atoms with Crippen LogP contribution in [-0.2, 0) is 6.42 Å². The standard InChI is InChI=1S/C18H22/c1-18-11-4-7-17(18)16-9-8-13-5-2-3-6-14(13)15(16)10-12-18/h2-3,5-6,15H,4,7-12H2,1H3/t15-,18+/m1/s1. The van der Waals surface area contributed by atoms with E-state index in [2.05, 4.69) is 31.2 Å². The fourth-order valence-electron chi connectivity index (χ4n) is 4.82. The van der Waals surface area contributed by atoms with Crippen LogP contribution in [0.1, 0.15) is 62.5 Å². The van der Waals surface area contributed by atoms with E-state index in [-0.39, 0.29) is 0 Å². The lowest BCUT2D eigenvalue weighted by molar-refractivity contribution is 0.322. The van der Waals surface area contributed by atoms with E-state index >= 15 is 0 Å². The van der Waals surface area contributed by atoms with Crippen LogP contribution in [0.2, 0.25) is 0 Å². The zero-order valence-electron chi connectivity index (χ0n) is 11.3. The average molecular weight is 238 g/mol. The summed E-state index contributed by atoms with van der Waals surface area (Å²) in [7, 11) is 0. The molecule has 94 valence electrons. The minimum Gasteiger partial charge on any atom is -0.0645 e. The molecule has 0 amide bonds. The molecule has 3 aliphatic carbocycles. The van der Waals surface area contributed by atoms with Crippen molar-refractivity contribution in [3.63, 3.8) is 0 Å². The lowest BCUT2D eigenvalue weighted by Crippen LogP contribution is -2.26. The number of rotatable bonds is 0. The first-order valence-corrected chi connectivity index (χ1v) is 7.58. The molecule has 0 heteroatoms. The van der Waals surface area contributed by atoms with Gasteiger partial charge >= 0.3 is 0 Å². The van der Waals surface area contributed by atoms with Crippen molar-refractivity contribution in [1.29, 1.82) is 0 Å². The van der Waals surface area contributed by atoms with Gasteiger partial charge in [0.05, 0.1) is 0 Å². The van der Waals surface area contributed by atoms with Crippen molar-refractivity contribution in [2.75, 3.05) is 0 Å². The molecule has 0 bridgehead atoms. The summed E-state index contributed by atoms with van der Waals surface area (Å²) in [6.07, 6.45) is 9.71. The van der Waals surface area contributed by atoms with Crippen LogP contribution >= 0.6 is 0 Å². The molecule has 4 rings (SSSR count). The van der Waals surface area contributed by atoms with Crippen molar-refractivity contribution in [3.8, 4) is 0 Å². The van der Waals surface area contributed by atoms with Crippen LogP contribution in [0.15, 0.2) is 35.4 Å². The molecule has 0 nitrogen and oxygen atoms in total. The highest BCUT2D eigenvalue weighted by Crippen LogP contribution is 2.57. The molecule has 18 heavy (non-hydrogen) atoms. The van der Waals surface area contributed by atoms with Crippen molar-refractivity contribution in [2.45, 2.75) is 57.8 Å². The van der Waals surface area contributed by atoms with E-state index in [1.54, 1.807) is 11.1 Å². The highest BCUT2D eigenvalue weighted by atomic mass is 14.5. The van der Waals surface area contributed by atoms with Gasteiger partial charge in [0.1, 0.15) is 0 Å². The molecule has 3 aliphatic rings. The maximum atomic E-state index is 2.53. The largest absolute Gasteiger partial charge is 0.0645 e. The normalized spacial score (nSPS) is 33.9. The van der Waals surface area contributed by atoms with Gasteiger partial charge in [0.15, 0.2) is 0 Å². The molecule has 1 fully saturated rings. The van der Waals surface area contributed by atoms with E-state index in [4.69, 9.17) is 0 Å². The first-order chi connectivity index (χ1) is 8.78. The fraction of sp³-hybridized carbons (Fsp3) is 0.556. The second-order valence-corrected chi connectivity index (χ2v) is 6.71. The van der Waals surface area contributed by atoms with Crippen LogP contribution < -0.4 is 0 Å². The van der Waals surface area contributed by atoms with Gasteiger partial charge in [-0.15, -0.1) is 0 Å². The molecule has 0 N–H and O–H groups in total. The van der Waals surface area contributed by atoms with E-state index in [9.17, 15) is 0 Å². The first-order valence-electron chi connectivity index (χ1n) is 7.58. The van der Waals surface area contributed by atoms with Gasteiger partial charge in [-0.1, -0.05) is 42.3 Å². The van der Waals surface area contributed by atoms with Gasteiger partial charge in [-0.25, -0.2) is 0 Å². The van der Waals surface area contributed by atoms with E-state index in [0.717, 1.165) is 5.92 Å². The van der Waals surface area contributed by atoms with Crippen LogP contribution in [0, 0.1) is 5.41 Å². The second kappa shape index (κ2) is 3.73. The highest BCUT2D eigenvalue weighted by molar-refractivity contribution is 5.45. The van der Waals surface area contributed by atoms with Gasteiger partial charge in [0, 0.05) is 5.92 Å². The monoisotopic (exact) mass is 238 g/mol. The van der Waals surface area contributed by atoms with Gasteiger partial charge in [-0.05, 0) is 61.5 Å². The third-order valence-electron chi connectivity index (χ3n) is 5.77. The molecule has 1 aromatic carbocycles. The third kappa shape index (κ3) is 1.38. The fourth-order valence-corrected chi connectivity index (χ4v) is 4.82. The minimum absolute atomic E-state index is 0.581. The lowest BCUT2D eigenvalue weighted by Gasteiger charge is -2.41. The van der Waals surface area contributed by atoms with Gasteiger partial charge in [0.2, 0.25) is 0 Å². The predicted octanol–water partition coefficient (Wildman–Crippen LogP) is 5.00. The summed E-state index contributed by atoms with van der Waals surface area (Å²) in [4.78, 5) is 0. The Morgan fingerprint density at radius 3 is 2.89 bits per heavy atom. The smallest absolute Gasteiger partial charge is 0.00542 e. The number of hydrogen-bond donors (Lipinski definition) is 0. The van der Waals surface area contributed by atoms with Crippen LogP contribution in [0.5, 0.6) is 0 Å². The molecule has 0 aromatic heterocycles. The Hall–Kier alpha value is -1.04. The van der Waals surface area contributed by atoms with Crippen LogP contribution in [0.4, 0.5) is 0 Å². The molecule has 1 saturated carbocycles. The van der Waals surface area contributed by atoms with Crippen LogP contribution in [0.25, 0.3) is 0 Å². The number of fused-ring (bicyclic) bond motifs is 4. The molecular formula is C18H22. The van der Waals surface area contributed by atoms with Gasteiger partial charge in [-0.2, -0.15) is 0 Å². The summed E-state index contributed by atoms with van der Waals surface area (Å²) in [5.41, 5.74) is 7.57. The summed E-state index contributed by atoms with van der Waals surface area (Å²) in [6, 6.07) is 9.17. The Morgan fingerprint density at radius 2 is 1.94 bits per heavy atom. The summed E-state index contributed by atoms with van der Waals surface area (Å²) in [6.45, 7) is 2.53. The Kier molecular flexibility index (Phi) is 2.24. The molecule has 0 heterocycles. The summed E-state index contributed by atoms with van der Waals surface area (Å²) in [5, 5.41) is 0. The maximum absolute atomic E-state index is 2.53. The maximum Gasteiger partial charge on any atom is 0.00542 e. The molecule has 2 atom stereocenters. The van der Waals surface area contributed by atoms with Gasteiger partial charge in [-0.3, -0.25) is 0 Å². The minimum atomic E-state index is 0.581. The predicted molar refractivity (Wildman–Crippen MR) is 75.7 cm³/mol. The molecule has 0 spiro atoms. The Labute approximate surface area is 110 Å². The molecule has 0 unspecified atom stereocenters. The lowest BCUT2D eigenvalue weighted by atomic mass is 9.64. The van der Waals surface area contributed by atoms with Crippen molar-refractivity contribution in [1.82, 2.24) is 0 Å². The van der Waals surface area contributed by atoms with Crippen molar-refractivity contribution < 1.29 is 0 Å². The Morgan fingerprint density at radius 1 is 1.06 bits per heavy atom. The number of hydrogen-bond acceptors (Lipinski definition) is 0. The van der Waals surface area contributed by atoms with Crippen molar-refractivity contribution >= 4 is 0 Å². The average Bonchev–Trinajstić information content (AvgIpc) is 2.80. The summed E-state index contributed by atoms with van der Waals surface area (Å²) < 4.78 is 0. The van der Waals surface area contributed by atoms with E-state index in [1.807, 2.05) is 11.1 Å². The van der Waals surface area contributed by atoms with Gasteiger partial charge in [0.25, 0.3) is 0 Å². The third-order valence-corrected chi connectivity index (χ3v) is 5.77. The van der Waals surface area contributed by atoms with Gasteiger partial charge < -0.3 is 0 Å². The number of benzene rings is 1. The second-order valence-electron chi connectivity index (χ2n) is 6.71. The molecular weight excluding hydrogens is 216 g/mol. The summed E-state index contributed by atoms with van der Waals surface area (Å²) in [5.74, 6) is 0.774. The molecule has 0 radical (unpaired) electrons. The van der Waals surface area contributed by atoms with Crippen LogP contribution in [-0.4, -0.2) is 0 Å². The first kappa shape index (κ1) is 10.8. The number of aryl methyl sites for hydroxylation is 1. The SMILES string of the molecule is C[C@@]12CCCC1=C1CCc3ccccc3[C@H]1CC2.